The Kier molecular flexibility index (Phi) is 1.50. The Bertz CT molecular complexity index is 137. The van der Waals surface area contributed by atoms with Gasteiger partial charge in [0.05, 0.1) is 5.54 Å². The second-order valence-corrected chi connectivity index (χ2v) is 3.21. The van der Waals surface area contributed by atoms with E-state index >= 15 is 0 Å². The van der Waals surface area contributed by atoms with Crippen LogP contribution < -0.4 is 5.73 Å². The Hall–Kier alpha value is -0.480. The van der Waals surface area contributed by atoms with E-state index in [1.54, 1.807) is 0 Å². The summed E-state index contributed by atoms with van der Waals surface area (Å²) < 4.78 is 0. The normalized spacial score (nSPS) is 24.6. The summed E-state index contributed by atoms with van der Waals surface area (Å²) in [4.78, 5) is 0. The van der Waals surface area contributed by atoms with Crippen LogP contribution in [-0.2, 0) is 0 Å². The summed E-state index contributed by atoms with van der Waals surface area (Å²) in [6.07, 6.45) is 8.87. The molecule has 0 saturated heterocycles. The molecule has 0 heterocycles. The lowest BCUT2D eigenvalue weighted by Gasteiger charge is -2.15. The van der Waals surface area contributed by atoms with Crippen LogP contribution in [0.3, 0.4) is 0 Å². The molecule has 1 atom stereocenters. The largest absolute Gasteiger partial charge is 0.315 e. The van der Waals surface area contributed by atoms with Crippen molar-refractivity contribution in [2.75, 3.05) is 0 Å². The maximum atomic E-state index is 5.72. The Morgan fingerprint density at radius 1 is 1.78 bits per heavy atom. The van der Waals surface area contributed by atoms with E-state index < -0.39 is 0 Å². The van der Waals surface area contributed by atoms with E-state index in [1.165, 1.54) is 12.8 Å². The lowest BCUT2D eigenvalue weighted by atomic mass is 9.98. The minimum Gasteiger partial charge on any atom is -0.315 e. The first-order valence-corrected chi connectivity index (χ1v) is 3.41. The smallest absolute Gasteiger partial charge is 0.0747 e. The number of hydrogen-bond donors (Lipinski definition) is 1. The van der Waals surface area contributed by atoms with Crippen molar-refractivity contribution in [2.45, 2.75) is 31.7 Å². The van der Waals surface area contributed by atoms with E-state index in [4.69, 9.17) is 12.2 Å². The maximum Gasteiger partial charge on any atom is 0.0747 e. The molecule has 0 aliphatic heterocycles. The van der Waals surface area contributed by atoms with Crippen molar-refractivity contribution in [1.29, 1.82) is 0 Å². The first-order valence-electron chi connectivity index (χ1n) is 3.41. The Balaban J connectivity index is 2.32. The van der Waals surface area contributed by atoms with E-state index in [-0.39, 0.29) is 5.54 Å². The number of terminal acetylenes is 1. The molecule has 1 aliphatic carbocycles. The van der Waals surface area contributed by atoms with Gasteiger partial charge in [-0.2, -0.15) is 0 Å². The van der Waals surface area contributed by atoms with Crippen molar-refractivity contribution >= 4 is 0 Å². The van der Waals surface area contributed by atoms with Crippen LogP contribution in [0.1, 0.15) is 26.2 Å². The van der Waals surface area contributed by atoms with Crippen LogP contribution in [0.4, 0.5) is 0 Å². The summed E-state index contributed by atoms with van der Waals surface area (Å²) in [5.41, 5.74) is 5.37. The van der Waals surface area contributed by atoms with Gasteiger partial charge in [-0.3, -0.25) is 0 Å². The Labute approximate surface area is 56.6 Å². The molecule has 0 radical (unpaired) electrons. The molecular formula is C8H13N. The molecule has 9 heavy (non-hydrogen) atoms. The van der Waals surface area contributed by atoms with Crippen LogP contribution in [0.2, 0.25) is 0 Å². The van der Waals surface area contributed by atoms with Crippen LogP contribution in [-0.4, -0.2) is 5.54 Å². The van der Waals surface area contributed by atoms with Gasteiger partial charge in [0.2, 0.25) is 0 Å². The third kappa shape index (κ3) is 2.07. The number of hydrogen-bond acceptors (Lipinski definition) is 1. The fourth-order valence-electron chi connectivity index (χ4n) is 0.981. The highest BCUT2D eigenvalue weighted by Gasteiger charge is 2.28. The number of nitrogens with two attached hydrogens (primary N) is 1. The monoisotopic (exact) mass is 123 g/mol. The maximum absolute atomic E-state index is 5.72. The molecule has 0 spiro atoms. The van der Waals surface area contributed by atoms with Crippen LogP contribution in [0.25, 0.3) is 0 Å². The molecule has 1 heteroatoms. The van der Waals surface area contributed by atoms with Crippen molar-refractivity contribution < 1.29 is 0 Å². The molecule has 50 valence electrons. The molecule has 1 fully saturated rings. The zero-order valence-corrected chi connectivity index (χ0v) is 5.85. The van der Waals surface area contributed by atoms with Crippen LogP contribution in [0.5, 0.6) is 0 Å². The fourth-order valence-corrected chi connectivity index (χ4v) is 0.981. The van der Waals surface area contributed by atoms with Gasteiger partial charge >= 0.3 is 0 Å². The lowest BCUT2D eigenvalue weighted by Crippen LogP contribution is -2.34. The molecular weight excluding hydrogens is 110 g/mol. The Morgan fingerprint density at radius 2 is 2.33 bits per heavy atom. The molecule has 0 aromatic rings. The van der Waals surface area contributed by atoms with Gasteiger partial charge in [0, 0.05) is 0 Å². The predicted molar refractivity (Wildman–Crippen MR) is 38.8 cm³/mol. The van der Waals surface area contributed by atoms with Crippen LogP contribution in [0, 0.1) is 18.3 Å². The van der Waals surface area contributed by atoms with Crippen molar-refractivity contribution in [3.05, 3.63) is 0 Å². The molecule has 0 bridgehead atoms. The average molecular weight is 123 g/mol. The standard InChI is InChI=1S/C8H13N/c1-3-8(2,9)6-7-4-5-7/h1,7H,4-6,9H2,2H3. The van der Waals surface area contributed by atoms with Gasteiger partial charge in [0.15, 0.2) is 0 Å². The van der Waals surface area contributed by atoms with E-state index in [2.05, 4.69) is 5.92 Å². The third-order valence-electron chi connectivity index (χ3n) is 1.74. The summed E-state index contributed by atoms with van der Waals surface area (Å²) in [7, 11) is 0. The highest BCUT2D eigenvalue weighted by molar-refractivity contribution is 5.09. The quantitative estimate of drug-likeness (QED) is 0.547. The summed E-state index contributed by atoms with van der Waals surface area (Å²) in [5, 5.41) is 0. The van der Waals surface area contributed by atoms with Gasteiger partial charge < -0.3 is 5.73 Å². The topological polar surface area (TPSA) is 26.0 Å². The summed E-state index contributed by atoms with van der Waals surface area (Å²) in [5.74, 6) is 3.42. The van der Waals surface area contributed by atoms with Gasteiger partial charge in [-0.15, -0.1) is 6.42 Å². The van der Waals surface area contributed by atoms with E-state index in [0.29, 0.717) is 0 Å². The van der Waals surface area contributed by atoms with Crippen molar-refractivity contribution in [3.8, 4) is 12.3 Å². The molecule has 1 aliphatic rings. The minimum atomic E-state index is -0.346. The van der Waals surface area contributed by atoms with Gasteiger partial charge in [-0.25, -0.2) is 0 Å². The highest BCUT2D eigenvalue weighted by atomic mass is 14.7. The molecule has 0 aromatic carbocycles. The molecule has 2 N–H and O–H groups in total. The van der Waals surface area contributed by atoms with Gasteiger partial charge in [0.25, 0.3) is 0 Å². The number of rotatable bonds is 2. The molecule has 1 rings (SSSR count). The van der Waals surface area contributed by atoms with E-state index in [0.717, 1.165) is 12.3 Å². The van der Waals surface area contributed by atoms with Gasteiger partial charge in [-0.05, 0) is 19.3 Å². The van der Waals surface area contributed by atoms with E-state index in [1.807, 2.05) is 6.92 Å². The molecule has 1 nitrogen and oxygen atoms in total. The summed E-state index contributed by atoms with van der Waals surface area (Å²) in [6.45, 7) is 1.92. The molecule has 1 saturated carbocycles. The van der Waals surface area contributed by atoms with Crippen molar-refractivity contribution in [1.82, 2.24) is 0 Å². The second-order valence-electron chi connectivity index (χ2n) is 3.21. The van der Waals surface area contributed by atoms with E-state index in [9.17, 15) is 0 Å². The predicted octanol–water partition coefficient (Wildman–Crippen LogP) is 1.14. The van der Waals surface area contributed by atoms with Gasteiger partial charge in [0.1, 0.15) is 0 Å². The summed E-state index contributed by atoms with van der Waals surface area (Å²) in [6, 6.07) is 0. The zero-order chi connectivity index (χ0) is 6.91. The SMILES string of the molecule is C#CC(C)(N)CC1CC1. The Morgan fingerprint density at radius 3 is 2.67 bits per heavy atom. The average Bonchev–Trinajstić information content (AvgIpc) is 2.50. The second kappa shape index (κ2) is 2.04. The highest BCUT2D eigenvalue weighted by Crippen LogP contribution is 2.35. The third-order valence-corrected chi connectivity index (χ3v) is 1.74. The minimum absolute atomic E-state index is 0.346. The first kappa shape index (κ1) is 6.64. The lowest BCUT2D eigenvalue weighted by molar-refractivity contribution is 0.514. The fraction of sp³-hybridized carbons (Fsp3) is 0.750. The van der Waals surface area contributed by atoms with Crippen LogP contribution in [0.15, 0.2) is 0 Å². The zero-order valence-electron chi connectivity index (χ0n) is 5.85. The molecule has 1 unspecified atom stereocenters. The van der Waals surface area contributed by atoms with Crippen LogP contribution >= 0.6 is 0 Å². The molecule has 0 amide bonds. The summed E-state index contributed by atoms with van der Waals surface area (Å²) >= 11 is 0. The molecule has 0 aromatic heterocycles. The van der Waals surface area contributed by atoms with Gasteiger partial charge in [-0.1, -0.05) is 18.8 Å². The first-order chi connectivity index (χ1) is 4.14. The van der Waals surface area contributed by atoms with Crippen molar-refractivity contribution in [3.63, 3.8) is 0 Å². The van der Waals surface area contributed by atoms with Crippen molar-refractivity contribution in [2.24, 2.45) is 11.7 Å².